The molecule has 0 saturated carbocycles. The minimum absolute atomic E-state index is 0.108. The lowest BCUT2D eigenvalue weighted by molar-refractivity contribution is -0.0499. The number of hydrogen-bond donors (Lipinski definition) is 0. The number of halogens is 3. The minimum Gasteiger partial charge on any atom is -0.465 e. The van der Waals surface area contributed by atoms with Crippen LogP contribution in [0.25, 0.3) is 11.0 Å². The van der Waals surface area contributed by atoms with E-state index >= 15 is 0 Å². The Kier molecular flexibility index (Phi) is 4.07. The number of carbonyl (C=O) groups is 1. The van der Waals surface area contributed by atoms with E-state index in [2.05, 4.69) is 8.92 Å². The third-order valence-corrected chi connectivity index (χ3v) is 3.57. The van der Waals surface area contributed by atoms with Crippen LogP contribution in [-0.2, 0) is 14.9 Å². The molecule has 23 heavy (non-hydrogen) atoms. The molecule has 0 saturated heterocycles. The molecule has 0 aliphatic rings. The standard InChI is InChI=1S/C12H7F3O7S/c1-20-11(17)6-2-3-8-7(4-6)9(5-10(16)21-8)22-23(18,19)12(13,14)15/h2-5H,1H3. The normalized spacial score (nSPS) is 12.2. The maximum Gasteiger partial charge on any atom is 0.534 e. The van der Waals surface area contributed by atoms with E-state index in [-0.39, 0.29) is 16.5 Å². The van der Waals surface area contributed by atoms with E-state index in [0.29, 0.717) is 6.07 Å². The highest BCUT2D eigenvalue weighted by atomic mass is 32.2. The van der Waals surface area contributed by atoms with E-state index in [9.17, 15) is 31.2 Å². The summed E-state index contributed by atoms with van der Waals surface area (Å²) in [5.74, 6) is -1.75. The Bertz CT molecular complexity index is 928. The molecule has 0 atom stereocenters. The van der Waals surface area contributed by atoms with E-state index in [0.717, 1.165) is 19.2 Å². The van der Waals surface area contributed by atoms with Crippen LogP contribution in [-0.4, -0.2) is 27.0 Å². The average molecular weight is 352 g/mol. The van der Waals surface area contributed by atoms with E-state index in [1.165, 1.54) is 6.07 Å². The molecule has 0 aliphatic heterocycles. The molecular weight excluding hydrogens is 345 g/mol. The monoisotopic (exact) mass is 352 g/mol. The van der Waals surface area contributed by atoms with Crippen molar-refractivity contribution < 1.29 is 39.7 Å². The number of methoxy groups -OCH3 is 1. The van der Waals surface area contributed by atoms with Crippen LogP contribution >= 0.6 is 0 Å². The molecule has 1 aromatic carbocycles. The van der Waals surface area contributed by atoms with Crippen LogP contribution < -0.4 is 9.81 Å². The second-order valence-electron chi connectivity index (χ2n) is 4.12. The number of ether oxygens (including phenoxy) is 1. The molecule has 2 aromatic rings. The van der Waals surface area contributed by atoms with Gasteiger partial charge in [-0.3, -0.25) is 0 Å². The molecule has 0 radical (unpaired) electrons. The summed E-state index contributed by atoms with van der Waals surface area (Å²) in [6.45, 7) is 0. The highest BCUT2D eigenvalue weighted by Gasteiger charge is 2.48. The van der Waals surface area contributed by atoms with Crippen molar-refractivity contribution in [2.75, 3.05) is 7.11 Å². The zero-order chi connectivity index (χ0) is 17.4. The maximum absolute atomic E-state index is 12.4. The van der Waals surface area contributed by atoms with Crippen LogP contribution in [0, 0.1) is 0 Å². The molecule has 0 unspecified atom stereocenters. The van der Waals surface area contributed by atoms with Gasteiger partial charge in [0, 0.05) is 0 Å². The van der Waals surface area contributed by atoms with Crippen LogP contribution in [0.2, 0.25) is 0 Å². The third kappa shape index (κ3) is 3.28. The summed E-state index contributed by atoms with van der Waals surface area (Å²) in [5, 5.41) is -0.319. The Morgan fingerprint density at radius 2 is 1.87 bits per heavy atom. The van der Waals surface area contributed by atoms with Crippen molar-refractivity contribution in [1.82, 2.24) is 0 Å². The van der Waals surface area contributed by atoms with Crippen molar-refractivity contribution in [3.8, 4) is 5.75 Å². The van der Waals surface area contributed by atoms with Crippen molar-refractivity contribution in [2.45, 2.75) is 5.51 Å². The smallest absolute Gasteiger partial charge is 0.465 e. The predicted octanol–water partition coefficient (Wildman–Crippen LogP) is 1.81. The molecule has 0 bridgehead atoms. The fourth-order valence-corrected chi connectivity index (χ4v) is 2.08. The average Bonchev–Trinajstić information content (AvgIpc) is 2.44. The molecule has 1 heterocycles. The Hall–Kier alpha value is -2.56. The zero-order valence-electron chi connectivity index (χ0n) is 11.2. The van der Waals surface area contributed by atoms with Gasteiger partial charge in [-0.2, -0.15) is 21.6 Å². The molecule has 2 rings (SSSR count). The number of carbonyl (C=O) groups excluding carboxylic acids is 1. The van der Waals surface area contributed by atoms with Gasteiger partial charge in [-0.25, -0.2) is 9.59 Å². The van der Waals surface area contributed by atoms with Gasteiger partial charge in [0.15, 0.2) is 5.75 Å². The largest absolute Gasteiger partial charge is 0.534 e. The van der Waals surface area contributed by atoms with Crippen LogP contribution in [0.3, 0.4) is 0 Å². The second kappa shape index (κ2) is 5.57. The SMILES string of the molecule is COC(=O)c1ccc2oc(=O)cc(OS(=O)(=O)C(F)(F)F)c2c1. The van der Waals surface area contributed by atoms with Crippen molar-refractivity contribution in [3.05, 3.63) is 40.2 Å². The summed E-state index contributed by atoms with van der Waals surface area (Å²) in [6, 6.07) is 3.67. The number of esters is 1. The lowest BCUT2D eigenvalue weighted by atomic mass is 10.1. The first-order chi connectivity index (χ1) is 10.5. The van der Waals surface area contributed by atoms with Gasteiger partial charge in [-0.15, -0.1) is 0 Å². The minimum atomic E-state index is -5.99. The first kappa shape index (κ1) is 16.8. The molecule has 7 nitrogen and oxygen atoms in total. The van der Waals surface area contributed by atoms with Gasteiger partial charge in [0.2, 0.25) is 0 Å². The summed E-state index contributed by atoms with van der Waals surface area (Å²) in [4.78, 5) is 22.7. The van der Waals surface area contributed by atoms with E-state index in [1.807, 2.05) is 0 Å². The van der Waals surface area contributed by atoms with E-state index in [1.54, 1.807) is 0 Å². The summed E-state index contributed by atoms with van der Waals surface area (Å²) < 4.78 is 72.4. The maximum atomic E-state index is 12.4. The van der Waals surface area contributed by atoms with Crippen LogP contribution in [0.4, 0.5) is 13.2 Å². The number of alkyl halides is 3. The first-order valence-electron chi connectivity index (χ1n) is 5.72. The lowest BCUT2D eigenvalue weighted by Crippen LogP contribution is -2.28. The molecule has 11 heteroatoms. The highest BCUT2D eigenvalue weighted by molar-refractivity contribution is 7.88. The van der Waals surface area contributed by atoms with Gasteiger partial charge in [0.25, 0.3) is 0 Å². The molecule has 0 N–H and O–H groups in total. The van der Waals surface area contributed by atoms with Crippen molar-refractivity contribution >= 4 is 27.1 Å². The van der Waals surface area contributed by atoms with Gasteiger partial charge in [0.05, 0.1) is 24.1 Å². The molecule has 1 aromatic heterocycles. The number of hydrogen-bond acceptors (Lipinski definition) is 7. The van der Waals surface area contributed by atoms with Crippen LogP contribution in [0.5, 0.6) is 5.75 Å². The van der Waals surface area contributed by atoms with E-state index < -0.39 is 33.0 Å². The number of rotatable bonds is 3. The third-order valence-electron chi connectivity index (χ3n) is 2.61. The molecule has 0 aliphatic carbocycles. The quantitative estimate of drug-likeness (QED) is 0.359. The molecule has 124 valence electrons. The van der Waals surface area contributed by atoms with Crippen LogP contribution in [0.15, 0.2) is 33.5 Å². The highest BCUT2D eigenvalue weighted by Crippen LogP contribution is 2.31. The van der Waals surface area contributed by atoms with Crippen molar-refractivity contribution in [2.24, 2.45) is 0 Å². The van der Waals surface area contributed by atoms with Gasteiger partial charge >= 0.3 is 27.2 Å². The summed E-state index contributed by atoms with van der Waals surface area (Å²) in [7, 11) is -4.92. The molecule has 0 fully saturated rings. The van der Waals surface area contributed by atoms with Crippen molar-refractivity contribution in [1.29, 1.82) is 0 Å². The summed E-state index contributed by atoms with van der Waals surface area (Å²) in [5.41, 5.74) is -7.19. The van der Waals surface area contributed by atoms with Crippen molar-refractivity contribution in [3.63, 3.8) is 0 Å². The molecule has 0 spiro atoms. The summed E-state index contributed by atoms with van der Waals surface area (Å²) in [6.07, 6.45) is 0. The first-order valence-corrected chi connectivity index (χ1v) is 7.13. The topological polar surface area (TPSA) is 99.9 Å². The second-order valence-corrected chi connectivity index (χ2v) is 5.65. The molecular formula is C12H7F3O7S. The molecule has 0 amide bonds. The fraction of sp³-hybridized carbons (Fsp3) is 0.167. The van der Waals surface area contributed by atoms with Gasteiger partial charge in [-0.05, 0) is 18.2 Å². The Balaban J connectivity index is 2.67. The number of fused-ring (bicyclic) bond motifs is 1. The zero-order valence-corrected chi connectivity index (χ0v) is 12.0. The van der Waals surface area contributed by atoms with Gasteiger partial charge in [-0.1, -0.05) is 0 Å². The predicted molar refractivity (Wildman–Crippen MR) is 69.4 cm³/mol. The summed E-state index contributed by atoms with van der Waals surface area (Å²) >= 11 is 0. The Morgan fingerprint density at radius 1 is 1.22 bits per heavy atom. The van der Waals surface area contributed by atoms with E-state index in [4.69, 9.17) is 4.42 Å². The van der Waals surface area contributed by atoms with Gasteiger partial charge < -0.3 is 13.3 Å². The lowest BCUT2D eigenvalue weighted by Gasteiger charge is -2.11. The van der Waals surface area contributed by atoms with Crippen LogP contribution in [0.1, 0.15) is 10.4 Å². The Morgan fingerprint density at radius 3 is 2.43 bits per heavy atom. The Labute approximate surface area is 126 Å². The fourth-order valence-electron chi connectivity index (χ4n) is 1.61. The number of benzene rings is 1. The van der Waals surface area contributed by atoms with Gasteiger partial charge in [0.1, 0.15) is 5.58 Å².